The highest BCUT2D eigenvalue weighted by molar-refractivity contribution is 6.43. The summed E-state index contributed by atoms with van der Waals surface area (Å²) in [6, 6.07) is 16.7. The van der Waals surface area contributed by atoms with Crippen LogP contribution in [0, 0.1) is 0 Å². The molecule has 3 aromatic rings. The van der Waals surface area contributed by atoms with Crippen molar-refractivity contribution >= 4 is 23.8 Å². The van der Waals surface area contributed by atoms with Gasteiger partial charge in [-0.1, -0.05) is 49.4 Å². The molecule has 0 spiro atoms. The third-order valence-electron chi connectivity index (χ3n) is 4.76. The van der Waals surface area contributed by atoms with Crippen LogP contribution in [0.15, 0.2) is 65.6 Å². The highest BCUT2D eigenvalue weighted by atomic mass is 16.4. The first-order chi connectivity index (χ1) is 13.5. The summed E-state index contributed by atoms with van der Waals surface area (Å²) < 4.78 is 1.32. The SMILES string of the molecule is CCc1cccc(CC(NC(=O)Cn2ccc3ccccc3c2=O)B(O)O)c1. The Morgan fingerprint density at radius 2 is 1.86 bits per heavy atom. The molecule has 7 heteroatoms. The maximum absolute atomic E-state index is 12.5. The van der Waals surface area contributed by atoms with Crippen LogP contribution in [0.3, 0.4) is 0 Å². The second kappa shape index (κ2) is 8.86. The maximum atomic E-state index is 12.5. The smallest absolute Gasteiger partial charge is 0.426 e. The van der Waals surface area contributed by atoms with Crippen molar-refractivity contribution in [2.24, 2.45) is 0 Å². The Morgan fingerprint density at radius 3 is 2.61 bits per heavy atom. The van der Waals surface area contributed by atoms with Crippen LogP contribution in [0.25, 0.3) is 10.8 Å². The van der Waals surface area contributed by atoms with Crippen molar-refractivity contribution in [3.05, 3.63) is 82.3 Å². The second-order valence-electron chi connectivity index (χ2n) is 6.80. The molecule has 2 aromatic carbocycles. The summed E-state index contributed by atoms with van der Waals surface area (Å²) in [5.74, 6) is -1.32. The zero-order valence-corrected chi connectivity index (χ0v) is 15.7. The van der Waals surface area contributed by atoms with Crippen molar-refractivity contribution < 1.29 is 14.8 Å². The van der Waals surface area contributed by atoms with E-state index >= 15 is 0 Å². The zero-order chi connectivity index (χ0) is 20.1. The monoisotopic (exact) mass is 378 g/mol. The average molecular weight is 378 g/mol. The summed E-state index contributed by atoms with van der Waals surface area (Å²) in [6.45, 7) is 1.85. The van der Waals surface area contributed by atoms with E-state index in [0.717, 1.165) is 22.9 Å². The number of carbonyl (C=O) groups is 1. The van der Waals surface area contributed by atoms with Crippen LogP contribution in [-0.2, 0) is 24.2 Å². The quantitative estimate of drug-likeness (QED) is 0.541. The molecule has 1 heterocycles. The van der Waals surface area contributed by atoms with Gasteiger partial charge in [0, 0.05) is 11.6 Å². The van der Waals surface area contributed by atoms with Gasteiger partial charge < -0.3 is 19.9 Å². The minimum atomic E-state index is -1.71. The third kappa shape index (κ3) is 4.68. The summed E-state index contributed by atoms with van der Waals surface area (Å²) in [5, 5.41) is 23.3. The Balaban J connectivity index is 1.72. The molecule has 0 saturated heterocycles. The van der Waals surface area contributed by atoms with Gasteiger partial charge in [0.15, 0.2) is 0 Å². The number of aryl methyl sites for hydroxylation is 1. The van der Waals surface area contributed by atoms with Gasteiger partial charge in [-0.15, -0.1) is 0 Å². The lowest BCUT2D eigenvalue weighted by molar-refractivity contribution is -0.122. The van der Waals surface area contributed by atoms with Crippen LogP contribution in [0.5, 0.6) is 0 Å². The number of amides is 1. The molecule has 0 bridgehead atoms. The fourth-order valence-electron chi connectivity index (χ4n) is 3.22. The van der Waals surface area contributed by atoms with E-state index in [1.54, 1.807) is 24.4 Å². The van der Waals surface area contributed by atoms with Gasteiger partial charge >= 0.3 is 7.12 Å². The Bertz CT molecular complexity index is 1030. The average Bonchev–Trinajstić information content (AvgIpc) is 2.70. The summed E-state index contributed by atoms with van der Waals surface area (Å²) in [4.78, 5) is 25.0. The Hall–Kier alpha value is -2.90. The predicted octanol–water partition coefficient (Wildman–Crippen LogP) is 1.30. The van der Waals surface area contributed by atoms with Crippen molar-refractivity contribution in [2.45, 2.75) is 32.3 Å². The first-order valence-electron chi connectivity index (χ1n) is 9.29. The first kappa shape index (κ1) is 19.9. The minimum absolute atomic E-state index is 0.193. The van der Waals surface area contributed by atoms with Gasteiger partial charge in [-0.2, -0.15) is 0 Å². The number of hydrogen-bond donors (Lipinski definition) is 3. The van der Waals surface area contributed by atoms with E-state index in [4.69, 9.17) is 0 Å². The highest BCUT2D eigenvalue weighted by Crippen LogP contribution is 2.10. The summed E-state index contributed by atoms with van der Waals surface area (Å²) >= 11 is 0. The van der Waals surface area contributed by atoms with E-state index < -0.39 is 19.0 Å². The third-order valence-corrected chi connectivity index (χ3v) is 4.76. The van der Waals surface area contributed by atoms with E-state index in [9.17, 15) is 19.6 Å². The van der Waals surface area contributed by atoms with Crippen LogP contribution in [0.4, 0.5) is 0 Å². The van der Waals surface area contributed by atoms with Crippen LogP contribution in [0.2, 0.25) is 0 Å². The molecular formula is C21H23BN2O4. The Morgan fingerprint density at radius 1 is 1.11 bits per heavy atom. The zero-order valence-electron chi connectivity index (χ0n) is 15.7. The largest absolute Gasteiger partial charge is 0.475 e. The molecule has 0 radical (unpaired) electrons. The molecule has 3 N–H and O–H groups in total. The standard InChI is InChI=1S/C21H23BN2O4/c1-2-15-6-5-7-16(12-15)13-19(22(27)28)23-20(25)14-24-11-10-17-8-3-4-9-18(17)21(24)26/h3-12,19,27-28H,2,13-14H2,1H3,(H,23,25). The maximum Gasteiger partial charge on any atom is 0.475 e. The van der Waals surface area contributed by atoms with Crippen LogP contribution in [0.1, 0.15) is 18.1 Å². The topological polar surface area (TPSA) is 91.6 Å². The van der Waals surface area contributed by atoms with Crippen molar-refractivity contribution in [1.29, 1.82) is 0 Å². The van der Waals surface area contributed by atoms with Crippen LogP contribution < -0.4 is 10.9 Å². The number of nitrogens with one attached hydrogen (secondary N) is 1. The van der Waals surface area contributed by atoms with Gasteiger partial charge in [-0.25, -0.2) is 0 Å². The number of aromatic nitrogens is 1. The van der Waals surface area contributed by atoms with Crippen molar-refractivity contribution in [1.82, 2.24) is 9.88 Å². The number of hydrogen-bond acceptors (Lipinski definition) is 4. The molecular weight excluding hydrogens is 355 g/mol. The van der Waals surface area contributed by atoms with Crippen LogP contribution in [-0.4, -0.2) is 33.6 Å². The molecule has 0 aliphatic carbocycles. The molecule has 0 aliphatic rings. The highest BCUT2D eigenvalue weighted by Gasteiger charge is 2.25. The second-order valence-corrected chi connectivity index (χ2v) is 6.80. The van der Waals surface area contributed by atoms with E-state index in [1.807, 2.05) is 43.3 Å². The fraction of sp³-hybridized carbons (Fsp3) is 0.238. The Labute approximate surface area is 163 Å². The number of carbonyl (C=O) groups excluding carboxylic acids is 1. The normalized spacial score (nSPS) is 12.0. The molecule has 144 valence electrons. The minimum Gasteiger partial charge on any atom is -0.426 e. The molecule has 1 unspecified atom stereocenters. The van der Waals surface area contributed by atoms with Crippen molar-refractivity contribution in [3.8, 4) is 0 Å². The molecule has 0 fully saturated rings. The lowest BCUT2D eigenvalue weighted by Crippen LogP contribution is -2.49. The lowest BCUT2D eigenvalue weighted by Gasteiger charge is -2.19. The summed E-state index contributed by atoms with van der Waals surface area (Å²) in [5.41, 5.74) is 1.78. The number of nitrogens with zero attached hydrogens (tertiary/aromatic N) is 1. The van der Waals surface area contributed by atoms with Gasteiger partial charge in [0.1, 0.15) is 6.54 Å². The van der Waals surface area contributed by atoms with E-state index in [2.05, 4.69) is 5.32 Å². The van der Waals surface area contributed by atoms with E-state index in [0.29, 0.717) is 5.39 Å². The molecule has 0 saturated carbocycles. The van der Waals surface area contributed by atoms with Gasteiger partial charge in [0.2, 0.25) is 5.91 Å². The van der Waals surface area contributed by atoms with Gasteiger partial charge in [0.05, 0.1) is 5.94 Å². The van der Waals surface area contributed by atoms with Gasteiger partial charge in [0.25, 0.3) is 5.56 Å². The molecule has 1 atom stereocenters. The number of pyridine rings is 1. The molecule has 6 nitrogen and oxygen atoms in total. The summed E-state index contributed by atoms with van der Waals surface area (Å²) in [7, 11) is -1.71. The van der Waals surface area contributed by atoms with Gasteiger partial charge in [-0.05, 0) is 41.5 Å². The molecule has 0 aliphatic heterocycles. The number of rotatable bonds is 7. The van der Waals surface area contributed by atoms with Gasteiger partial charge in [-0.3, -0.25) is 9.59 Å². The lowest BCUT2D eigenvalue weighted by atomic mass is 9.75. The van der Waals surface area contributed by atoms with E-state index in [1.165, 1.54) is 4.57 Å². The van der Waals surface area contributed by atoms with Crippen LogP contribution >= 0.6 is 0 Å². The molecule has 1 amide bonds. The van der Waals surface area contributed by atoms with E-state index in [-0.39, 0.29) is 18.5 Å². The predicted molar refractivity (Wildman–Crippen MR) is 110 cm³/mol. The molecule has 28 heavy (non-hydrogen) atoms. The fourth-order valence-corrected chi connectivity index (χ4v) is 3.22. The molecule has 1 aromatic heterocycles. The summed E-state index contributed by atoms with van der Waals surface area (Å²) in [6.07, 6.45) is 2.72. The number of benzene rings is 2. The molecule has 3 rings (SSSR count). The van der Waals surface area contributed by atoms with Crippen molar-refractivity contribution in [3.63, 3.8) is 0 Å². The first-order valence-corrected chi connectivity index (χ1v) is 9.29. The Kier molecular flexibility index (Phi) is 6.28. The van der Waals surface area contributed by atoms with Crippen molar-refractivity contribution in [2.75, 3.05) is 0 Å². The number of fused-ring (bicyclic) bond motifs is 1.